The molecular weight excluding hydrogens is 172 g/mol. The lowest BCUT2D eigenvalue weighted by Crippen LogP contribution is -2.25. The zero-order chi connectivity index (χ0) is 11.0. The maximum Gasteiger partial charge on any atom is 0.0822 e. The lowest BCUT2D eigenvalue weighted by Gasteiger charge is -2.25. The van der Waals surface area contributed by atoms with E-state index in [1.54, 1.807) is 6.08 Å². The van der Waals surface area contributed by atoms with Crippen LogP contribution in [0.3, 0.4) is 0 Å². The molecule has 84 valence electrons. The summed E-state index contributed by atoms with van der Waals surface area (Å²) in [4.78, 5) is 0. The van der Waals surface area contributed by atoms with Crippen molar-refractivity contribution in [1.29, 1.82) is 0 Å². The van der Waals surface area contributed by atoms with Crippen LogP contribution >= 0.6 is 0 Å². The molecule has 0 aromatic heterocycles. The molecule has 0 amide bonds. The van der Waals surface area contributed by atoms with Crippen molar-refractivity contribution in [1.82, 2.24) is 0 Å². The number of hydrogen-bond acceptors (Lipinski definition) is 1. The van der Waals surface area contributed by atoms with Crippen molar-refractivity contribution >= 4 is 0 Å². The van der Waals surface area contributed by atoms with E-state index in [2.05, 4.69) is 20.4 Å². The Balaban J connectivity index is 3.93. The highest BCUT2D eigenvalue weighted by Gasteiger charge is 2.21. The normalized spacial score (nSPS) is 17.4. The maximum absolute atomic E-state index is 10.0. The van der Waals surface area contributed by atoms with Gasteiger partial charge in [-0.15, -0.1) is 6.58 Å². The van der Waals surface area contributed by atoms with Crippen molar-refractivity contribution in [2.45, 2.75) is 64.9 Å². The molecule has 1 N–H and O–H groups in total. The Morgan fingerprint density at radius 2 is 1.93 bits per heavy atom. The van der Waals surface area contributed by atoms with Crippen molar-refractivity contribution in [2.75, 3.05) is 0 Å². The van der Waals surface area contributed by atoms with Gasteiger partial charge in [0.25, 0.3) is 0 Å². The van der Waals surface area contributed by atoms with Crippen molar-refractivity contribution < 1.29 is 5.11 Å². The molecule has 0 saturated carbocycles. The van der Waals surface area contributed by atoms with Gasteiger partial charge < -0.3 is 5.11 Å². The summed E-state index contributed by atoms with van der Waals surface area (Å²) in [7, 11) is 0. The summed E-state index contributed by atoms with van der Waals surface area (Å²) in [5.74, 6) is 0.776. The lowest BCUT2D eigenvalue weighted by molar-refractivity contribution is 0.0694. The van der Waals surface area contributed by atoms with Gasteiger partial charge in [-0.3, -0.25) is 0 Å². The molecule has 0 radical (unpaired) electrons. The van der Waals surface area contributed by atoms with Crippen molar-refractivity contribution in [3.63, 3.8) is 0 Å². The summed E-state index contributed by atoms with van der Waals surface area (Å²) in [6.45, 7) is 10.2. The highest BCUT2D eigenvalue weighted by molar-refractivity contribution is 4.94. The van der Waals surface area contributed by atoms with Crippen LogP contribution in [0.25, 0.3) is 0 Å². The fourth-order valence-corrected chi connectivity index (χ4v) is 1.84. The third-order valence-electron chi connectivity index (χ3n) is 3.25. The molecule has 0 bridgehead atoms. The van der Waals surface area contributed by atoms with Gasteiger partial charge in [-0.2, -0.15) is 0 Å². The van der Waals surface area contributed by atoms with E-state index in [1.165, 1.54) is 19.3 Å². The summed E-state index contributed by atoms with van der Waals surface area (Å²) in [6, 6.07) is 0. The van der Waals surface area contributed by atoms with Gasteiger partial charge >= 0.3 is 0 Å². The first-order valence-electron chi connectivity index (χ1n) is 5.97. The standard InChI is InChI=1S/C13H26O/c1-5-9-12(6-2)10-11-13(14,7-3)8-4/h7,12,14H,3,5-6,8-11H2,1-2,4H3. The fraction of sp³-hybridized carbons (Fsp3) is 0.846. The number of hydrogen-bond donors (Lipinski definition) is 1. The molecule has 0 aliphatic carbocycles. The molecule has 2 unspecified atom stereocenters. The third-order valence-corrected chi connectivity index (χ3v) is 3.25. The van der Waals surface area contributed by atoms with Crippen molar-refractivity contribution in [3.05, 3.63) is 12.7 Å². The highest BCUT2D eigenvalue weighted by Crippen LogP contribution is 2.25. The number of rotatable bonds is 8. The quantitative estimate of drug-likeness (QED) is 0.586. The number of aliphatic hydroxyl groups is 1. The molecule has 0 fully saturated rings. The average Bonchev–Trinajstić information content (AvgIpc) is 2.23. The molecule has 0 saturated heterocycles. The predicted molar refractivity (Wildman–Crippen MR) is 63.4 cm³/mol. The van der Waals surface area contributed by atoms with E-state index >= 15 is 0 Å². The van der Waals surface area contributed by atoms with E-state index < -0.39 is 5.60 Å². The van der Waals surface area contributed by atoms with Crippen LogP contribution in [-0.4, -0.2) is 10.7 Å². The van der Waals surface area contributed by atoms with Crippen LogP contribution in [0.2, 0.25) is 0 Å². The molecular formula is C13H26O. The SMILES string of the molecule is C=CC(O)(CC)CCC(CC)CCC. The predicted octanol–water partition coefficient (Wildman–Crippen LogP) is 3.92. The molecule has 1 heteroatoms. The Labute approximate surface area is 89.2 Å². The van der Waals surface area contributed by atoms with E-state index in [-0.39, 0.29) is 0 Å². The summed E-state index contributed by atoms with van der Waals surface area (Å²) in [6.07, 6.45) is 8.23. The zero-order valence-electron chi connectivity index (χ0n) is 10.1. The van der Waals surface area contributed by atoms with Gasteiger partial charge in [0.1, 0.15) is 0 Å². The first-order valence-corrected chi connectivity index (χ1v) is 5.97. The molecule has 0 aromatic rings. The first kappa shape index (κ1) is 13.7. The largest absolute Gasteiger partial charge is 0.386 e. The molecule has 0 aromatic carbocycles. The van der Waals surface area contributed by atoms with E-state index in [4.69, 9.17) is 0 Å². The van der Waals surface area contributed by atoms with Gasteiger partial charge in [0.15, 0.2) is 0 Å². The minimum atomic E-state index is -0.624. The summed E-state index contributed by atoms with van der Waals surface area (Å²) in [5, 5.41) is 10.0. The summed E-state index contributed by atoms with van der Waals surface area (Å²) in [5.41, 5.74) is -0.624. The van der Waals surface area contributed by atoms with Crippen LogP contribution in [0.15, 0.2) is 12.7 Å². The Morgan fingerprint density at radius 3 is 2.29 bits per heavy atom. The second-order valence-corrected chi connectivity index (χ2v) is 4.26. The summed E-state index contributed by atoms with van der Waals surface area (Å²) < 4.78 is 0. The maximum atomic E-state index is 10.0. The molecule has 14 heavy (non-hydrogen) atoms. The average molecular weight is 198 g/mol. The first-order chi connectivity index (χ1) is 6.61. The van der Waals surface area contributed by atoms with Crippen LogP contribution in [0, 0.1) is 5.92 Å². The van der Waals surface area contributed by atoms with Crippen LogP contribution < -0.4 is 0 Å². The van der Waals surface area contributed by atoms with E-state index in [0.717, 1.165) is 25.2 Å². The fourth-order valence-electron chi connectivity index (χ4n) is 1.84. The van der Waals surface area contributed by atoms with Crippen LogP contribution in [0.4, 0.5) is 0 Å². The minimum absolute atomic E-state index is 0.624. The highest BCUT2D eigenvalue weighted by atomic mass is 16.3. The molecule has 0 rings (SSSR count). The molecule has 0 heterocycles. The second kappa shape index (κ2) is 7.05. The van der Waals surface area contributed by atoms with Gasteiger partial charge in [-0.05, 0) is 25.2 Å². The molecule has 0 spiro atoms. The lowest BCUT2D eigenvalue weighted by atomic mass is 9.87. The third kappa shape index (κ3) is 4.80. The van der Waals surface area contributed by atoms with E-state index in [1.807, 2.05) is 6.92 Å². The topological polar surface area (TPSA) is 20.2 Å². The van der Waals surface area contributed by atoms with Gasteiger partial charge in [0, 0.05) is 0 Å². The smallest absolute Gasteiger partial charge is 0.0822 e. The second-order valence-electron chi connectivity index (χ2n) is 4.26. The van der Waals surface area contributed by atoms with E-state index in [9.17, 15) is 5.11 Å². The zero-order valence-corrected chi connectivity index (χ0v) is 10.1. The minimum Gasteiger partial charge on any atom is -0.386 e. The van der Waals surface area contributed by atoms with E-state index in [0.29, 0.717) is 0 Å². The molecule has 0 aliphatic rings. The van der Waals surface area contributed by atoms with Crippen LogP contribution in [0.5, 0.6) is 0 Å². The van der Waals surface area contributed by atoms with Crippen molar-refractivity contribution in [2.24, 2.45) is 5.92 Å². The Hall–Kier alpha value is -0.300. The summed E-state index contributed by atoms with van der Waals surface area (Å²) >= 11 is 0. The monoisotopic (exact) mass is 198 g/mol. The van der Waals surface area contributed by atoms with Gasteiger partial charge in [0.05, 0.1) is 5.60 Å². The van der Waals surface area contributed by atoms with Crippen molar-refractivity contribution in [3.8, 4) is 0 Å². The van der Waals surface area contributed by atoms with Crippen LogP contribution in [-0.2, 0) is 0 Å². The van der Waals surface area contributed by atoms with Gasteiger partial charge in [-0.25, -0.2) is 0 Å². The Kier molecular flexibility index (Phi) is 6.90. The Morgan fingerprint density at radius 1 is 1.29 bits per heavy atom. The molecule has 1 nitrogen and oxygen atoms in total. The molecule has 0 aliphatic heterocycles. The molecule has 2 atom stereocenters. The van der Waals surface area contributed by atoms with Gasteiger partial charge in [0.2, 0.25) is 0 Å². The Bertz CT molecular complexity index is 153. The van der Waals surface area contributed by atoms with Crippen LogP contribution in [0.1, 0.15) is 59.3 Å². The van der Waals surface area contributed by atoms with Gasteiger partial charge in [-0.1, -0.05) is 46.1 Å².